The van der Waals surface area contributed by atoms with Gasteiger partial charge in [-0.25, -0.2) is 15.0 Å². The third-order valence-corrected chi connectivity index (χ3v) is 6.72. The molecule has 28 heavy (non-hydrogen) atoms. The number of hydrogen-bond acceptors (Lipinski definition) is 7. The fourth-order valence-electron chi connectivity index (χ4n) is 3.28. The van der Waals surface area contributed by atoms with Crippen LogP contribution in [0.5, 0.6) is 6.01 Å². The van der Waals surface area contributed by atoms with E-state index in [1.165, 1.54) is 11.8 Å². The summed E-state index contributed by atoms with van der Waals surface area (Å²) in [6.45, 7) is 5.21. The van der Waals surface area contributed by atoms with E-state index in [1.807, 2.05) is 43.0 Å². The van der Waals surface area contributed by atoms with Gasteiger partial charge < -0.3 is 9.64 Å². The van der Waals surface area contributed by atoms with Crippen molar-refractivity contribution in [3.8, 4) is 6.01 Å². The molecule has 0 saturated carbocycles. The van der Waals surface area contributed by atoms with Gasteiger partial charge in [-0.3, -0.25) is 4.79 Å². The average Bonchev–Trinajstić information content (AvgIpc) is 3.08. The molecule has 0 bridgehead atoms. The summed E-state index contributed by atoms with van der Waals surface area (Å²) in [6, 6.07) is 10.4. The molecule has 3 heterocycles. The fourth-order valence-corrected chi connectivity index (χ4v) is 5.26. The molecule has 0 spiro atoms. The maximum Gasteiger partial charge on any atom is 0.317 e. The van der Waals surface area contributed by atoms with Crippen molar-refractivity contribution < 1.29 is 9.53 Å². The maximum absolute atomic E-state index is 12.7. The van der Waals surface area contributed by atoms with E-state index in [2.05, 4.69) is 21.0 Å². The second-order valence-corrected chi connectivity index (χ2v) is 9.14. The lowest BCUT2D eigenvalue weighted by molar-refractivity contribution is -0.131. The molecule has 3 aromatic rings. The maximum atomic E-state index is 12.7. The van der Waals surface area contributed by atoms with Gasteiger partial charge in [0.2, 0.25) is 5.91 Å². The number of thiazole rings is 1. The zero-order valence-electron chi connectivity index (χ0n) is 15.9. The van der Waals surface area contributed by atoms with Gasteiger partial charge in [0.1, 0.15) is 6.10 Å². The molecule has 1 unspecified atom stereocenters. The Balaban J connectivity index is 1.33. The molecular formula is C20H22N4O2S2. The Morgan fingerprint density at radius 3 is 2.82 bits per heavy atom. The molecule has 1 saturated heterocycles. The van der Waals surface area contributed by atoms with Gasteiger partial charge in [-0.05, 0) is 44.9 Å². The van der Waals surface area contributed by atoms with E-state index in [4.69, 9.17) is 4.74 Å². The molecule has 4 rings (SSSR count). The lowest BCUT2D eigenvalue weighted by Gasteiger charge is -2.32. The Labute approximate surface area is 172 Å². The van der Waals surface area contributed by atoms with E-state index >= 15 is 0 Å². The summed E-state index contributed by atoms with van der Waals surface area (Å²) in [5.74, 6) is 0.519. The number of rotatable bonds is 5. The SMILES string of the molecule is Cc1cc(C)nc(OC2CCCN(C(=O)CSc3nc4ccccc4s3)C2)n1. The van der Waals surface area contributed by atoms with Crippen LogP contribution in [0.1, 0.15) is 24.2 Å². The normalized spacial score (nSPS) is 17.1. The molecule has 1 aliphatic rings. The van der Waals surface area contributed by atoms with Crippen molar-refractivity contribution in [2.75, 3.05) is 18.8 Å². The van der Waals surface area contributed by atoms with Gasteiger partial charge in [0.25, 0.3) is 0 Å². The highest BCUT2D eigenvalue weighted by molar-refractivity contribution is 8.01. The highest BCUT2D eigenvalue weighted by atomic mass is 32.2. The second-order valence-electron chi connectivity index (χ2n) is 6.89. The van der Waals surface area contributed by atoms with Gasteiger partial charge >= 0.3 is 6.01 Å². The lowest BCUT2D eigenvalue weighted by Crippen LogP contribution is -2.45. The quantitative estimate of drug-likeness (QED) is 0.591. The summed E-state index contributed by atoms with van der Waals surface area (Å²) < 4.78 is 8.05. The van der Waals surface area contributed by atoms with Crippen LogP contribution in [0.4, 0.5) is 0 Å². The number of aromatic nitrogens is 3. The predicted molar refractivity (Wildman–Crippen MR) is 112 cm³/mol. The number of hydrogen-bond donors (Lipinski definition) is 0. The number of nitrogens with zero attached hydrogens (tertiary/aromatic N) is 4. The van der Waals surface area contributed by atoms with E-state index in [1.54, 1.807) is 11.3 Å². The van der Waals surface area contributed by atoms with E-state index in [9.17, 15) is 4.79 Å². The Morgan fingerprint density at radius 1 is 1.25 bits per heavy atom. The van der Waals surface area contributed by atoms with Crippen molar-refractivity contribution in [3.63, 3.8) is 0 Å². The van der Waals surface area contributed by atoms with Gasteiger partial charge in [0, 0.05) is 17.9 Å². The van der Waals surface area contributed by atoms with Gasteiger partial charge in [0.05, 0.1) is 22.5 Å². The highest BCUT2D eigenvalue weighted by Crippen LogP contribution is 2.29. The lowest BCUT2D eigenvalue weighted by atomic mass is 10.1. The van der Waals surface area contributed by atoms with Crippen LogP contribution in [0.25, 0.3) is 10.2 Å². The van der Waals surface area contributed by atoms with Crippen molar-refractivity contribution in [2.45, 2.75) is 37.1 Å². The highest BCUT2D eigenvalue weighted by Gasteiger charge is 2.26. The van der Waals surface area contributed by atoms with Crippen LogP contribution in [-0.2, 0) is 4.79 Å². The van der Waals surface area contributed by atoms with E-state index < -0.39 is 0 Å². The number of carbonyl (C=O) groups is 1. The van der Waals surface area contributed by atoms with Crippen molar-refractivity contribution in [3.05, 3.63) is 41.7 Å². The zero-order chi connectivity index (χ0) is 19.5. The van der Waals surface area contributed by atoms with Crippen molar-refractivity contribution >= 4 is 39.2 Å². The van der Waals surface area contributed by atoms with Crippen LogP contribution in [0, 0.1) is 13.8 Å². The van der Waals surface area contributed by atoms with Crippen molar-refractivity contribution in [1.82, 2.24) is 19.9 Å². The van der Waals surface area contributed by atoms with Crippen LogP contribution < -0.4 is 4.74 Å². The second kappa shape index (κ2) is 8.45. The fraction of sp³-hybridized carbons (Fsp3) is 0.400. The average molecular weight is 415 g/mol. The van der Waals surface area contributed by atoms with Crippen molar-refractivity contribution in [2.24, 2.45) is 0 Å². The number of amides is 1. The molecule has 1 aliphatic heterocycles. The number of aryl methyl sites for hydroxylation is 2. The summed E-state index contributed by atoms with van der Waals surface area (Å²) in [5.41, 5.74) is 2.76. The minimum absolute atomic E-state index is 0.0636. The first kappa shape index (κ1) is 19.1. The predicted octanol–water partition coefficient (Wildman–Crippen LogP) is 3.87. The number of thioether (sulfide) groups is 1. The molecular weight excluding hydrogens is 392 g/mol. The largest absolute Gasteiger partial charge is 0.458 e. The first-order valence-corrected chi connectivity index (χ1v) is 11.1. The smallest absolute Gasteiger partial charge is 0.317 e. The molecule has 2 aromatic heterocycles. The molecule has 0 N–H and O–H groups in total. The van der Waals surface area contributed by atoms with Crippen LogP contribution in [0.15, 0.2) is 34.7 Å². The van der Waals surface area contributed by atoms with E-state index in [-0.39, 0.29) is 12.0 Å². The summed E-state index contributed by atoms with van der Waals surface area (Å²) in [5, 5.41) is 0. The Bertz CT molecular complexity index is 938. The monoisotopic (exact) mass is 414 g/mol. The molecule has 6 nitrogen and oxygen atoms in total. The molecule has 0 aliphatic carbocycles. The van der Waals surface area contributed by atoms with Crippen LogP contribution in [0.2, 0.25) is 0 Å². The number of benzene rings is 1. The molecule has 1 atom stereocenters. The van der Waals surface area contributed by atoms with Gasteiger partial charge in [-0.15, -0.1) is 11.3 Å². The summed E-state index contributed by atoms with van der Waals surface area (Å²) in [6.07, 6.45) is 1.77. The third-order valence-electron chi connectivity index (χ3n) is 4.56. The number of fused-ring (bicyclic) bond motifs is 1. The standard InChI is InChI=1S/C20H22N4O2S2/c1-13-10-14(2)22-19(21-13)26-15-6-5-9-24(11-15)18(25)12-27-20-23-16-7-3-4-8-17(16)28-20/h3-4,7-8,10,15H,5-6,9,11-12H2,1-2H3. The summed E-state index contributed by atoms with van der Waals surface area (Å²) in [7, 11) is 0. The Hall–Kier alpha value is -2.19. The Kier molecular flexibility index (Phi) is 5.77. The van der Waals surface area contributed by atoms with Crippen LogP contribution in [0.3, 0.4) is 0 Å². The van der Waals surface area contributed by atoms with Gasteiger partial charge in [0.15, 0.2) is 4.34 Å². The number of para-hydroxylation sites is 1. The number of piperidine rings is 1. The van der Waals surface area contributed by atoms with E-state index in [0.29, 0.717) is 18.3 Å². The third kappa shape index (κ3) is 4.62. The minimum atomic E-state index is -0.0636. The topological polar surface area (TPSA) is 68.2 Å². The number of carbonyl (C=O) groups excluding carboxylic acids is 1. The molecule has 1 fully saturated rings. The Morgan fingerprint density at radius 2 is 2.04 bits per heavy atom. The molecule has 1 aromatic carbocycles. The van der Waals surface area contributed by atoms with Crippen LogP contribution in [-0.4, -0.2) is 50.7 Å². The molecule has 8 heteroatoms. The molecule has 0 radical (unpaired) electrons. The zero-order valence-corrected chi connectivity index (χ0v) is 17.6. The minimum Gasteiger partial charge on any atom is -0.458 e. The first-order chi connectivity index (χ1) is 13.6. The summed E-state index contributed by atoms with van der Waals surface area (Å²) >= 11 is 3.14. The molecule has 146 valence electrons. The number of ether oxygens (including phenoxy) is 1. The molecule has 1 amide bonds. The van der Waals surface area contributed by atoms with Gasteiger partial charge in [-0.1, -0.05) is 23.9 Å². The van der Waals surface area contributed by atoms with Crippen LogP contribution >= 0.6 is 23.1 Å². The van der Waals surface area contributed by atoms with Gasteiger partial charge in [-0.2, -0.15) is 0 Å². The number of likely N-dealkylation sites (tertiary alicyclic amines) is 1. The first-order valence-electron chi connectivity index (χ1n) is 9.32. The van der Waals surface area contributed by atoms with E-state index in [0.717, 1.165) is 45.3 Å². The van der Waals surface area contributed by atoms with Crippen molar-refractivity contribution in [1.29, 1.82) is 0 Å². The summed E-state index contributed by atoms with van der Waals surface area (Å²) in [4.78, 5) is 27.9.